The van der Waals surface area contributed by atoms with Gasteiger partial charge in [0.15, 0.2) is 0 Å². The lowest BCUT2D eigenvalue weighted by Gasteiger charge is -2.16. The Labute approximate surface area is 152 Å². The maximum atomic E-state index is 12.4. The van der Waals surface area contributed by atoms with Crippen LogP contribution in [0.3, 0.4) is 0 Å². The molecular weight excluding hydrogens is 344 g/mol. The van der Waals surface area contributed by atoms with Crippen molar-refractivity contribution in [3.8, 4) is 0 Å². The van der Waals surface area contributed by atoms with Crippen molar-refractivity contribution in [2.45, 2.75) is 32.1 Å². The van der Waals surface area contributed by atoms with Gasteiger partial charge in [0.2, 0.25) is 11.8 Å². The molecule has 2 amide bonds. The molecular formula is C18H23ClN2O4. The quantitative estimate of drug-likeness (QED) is 0.775. The van der Waals surface area contributed by atoms with E-state index in [1.54, 1.807) is 17.0 Å². The summed E-state index contributed by atoms with van der Waals surface area (Å²) in [5.41, 5.74) is 0.870. The summed E-state index contributed by atoms with van der Waals surface area (Å²) in [5, 5.41) is 12.8. The molecule has 0 aromatic heterocycles. The summed E-state index contributed by atoms with van der Waals surface area (Å²) in [5.74, 6) is -1.96. The lowest BCUT2D eigenvalue weighted by Crippen LogP contribution is -2.30. The number of aliphatic carboxylic acids is 1. The van der Waals surface area contributed by atoms with Gasteiger partial charge in [0.25, 0.3) is 0 Å². The van der Waals surface area contributed by atoms with Gasteiger partial charge < -0.3 is 15.3 Å². The highest BCUT2D eigenvalue weighted by atomic mass is 35.5. The highest BCUT2D eigenvalue weighted by molar-refractivity contribution is 6.30. The molecule has 25 heavy (non-hydrogen) atoms. The molecule has 6 nitrogen and oxygen atoms in total. The van der Waals surface area contributed by atoms with Crippen molar-refractivity contribution < 1.29 is 19.5 Å². The average Bonchev–Trinajstić information content (AvgIpc) is 3.01. The largest absolute Gasteiger partial charge is 0.481 e. The van der Waals surface area contributed by atoms with Gasteiger partial charge in [-0.25, -0.2) is 0 Å². The van der Waals surface area contributed by atoms with Crippen molar-refractivity contribution >= 4 is 29.4 Å². The molecule has 1 aliphatic heterocycles. The normalized spacial score (nSPS) is 19.7. The number of carbonyl (C=O) groups excluding carboxylic acids is 2. The monoisotopic (exact) mass is 366 g/mol. The van der Waals surface area contributed by atoms with Crippen LogP contribution in [0.4, 0.5) is 0 Å². The van der Waals surface area contributed by atoms with Gasteiger partial charge in [0.05, 0.1) is 5.92 Å². The Morgan fingerprint density at radius 2 is 1.88 bits per heavy atom. The number of nitrogens with zero attached hydrogens (tertiary/aromatic N) is 1. The lowest BCUT2D eigenvalue weighted by molar-refractivity contribution is -0.141. The SMILES string of the molecule is CCNC(=O)CCCC(=O)N1C[C@@H](C(=O)O)[C@H](c2ccc(Cl)cc2)C1. The van der Waals surface area contributed by atoms with E-state index in [1.165, 1.54) is 0 Å². The average molecular weight is 367 g/mol. The van der Waals surface area contributed by atoms with E-state index in [4.69, 9.17) is 11.6 Å². The highest BCUT2D eigenvalue weighted by Crippen LogP contribution is 2.34. The number of hydrogen-bond donors (Lipinski definition) is 2. The van der Waals surface area contributed by atoms with Gasteiger partial charge in [-0.05, 0) is 31.0 Å². The molecule has 0 radical (unpaired) electrons. The predicted molar refractivity (Wildman–Crippen MR) is 94.4 cm³/mol. The fourth-order valence-electron chi connectivity index (χ4n) is 3.15. The number of hydrogen-bond acceptors (Lipinski definition) is 3. The molecule has 7 heteroatoms. The second-order valence-electron chi connectivity index (χ2n) is 6.21. The molecule has 0 aliphatic carbocycles. The van der Waals surface area contributed by atoms with E-state index in [2.05, 4.69) is 5.32 Å². The van der Waals surface area contributed by atoms with Gasteiger partial charge >= 0.3 is 5.97 Å². The topological polar surface area (TPSA) is 86.7 Å². The van der Waals surface area contributed by atoms with Crippen LogP contribution < -0.4 is 5.32 Å². The Bertz CT molecular complexity index is 632. The molecule has 1 aliphatic rings. The summed E-state index contributed by atoms with van der Waals surface area (Å²) < 4.78 is 0. The molecule has 2 rings (SSSR count). The van der Waals surface area contributed by atoms with E-state index in [0.29, 0.717) is 31.0 Å². The first-order valence-electron chi connectivity index (χ1n) is 8.45. The zero-order valence-corrected chi connectivity index (χ0v) is 15.0. The summed E-state index contributed by atoms with van der Waals surface area (Å²) >= 11 is 5.89. The fourth-order valence-corrected chi connectivity index (χ4v) is 3.28. The van der Waals surface area contributed by atoms with E-state index in [-0.39, 0.29) is 30.7 Å². The summed E-state index contributed by atoms with van der Waals surface area (Å²) in [6.45, 7) is 2.99. The molecule has 1 aromatic rings. The first-order valence-corrected chi connectivity index (χ1v) is 8.83. The number of carboxylic acid groups (broad SMARTS) is 1. The van der Waals surface area contributed by atoms with Crippen LogP contribution in [-0.4, -0.2) is 47.4 Å². The zero-order chi connectivity index (χ0) is 18.4. The van der Waals surface area contributed by atoms with Crippen LogP contribution in [-0.2, 0) is 14.4 Å². The Hall–Kier alpha value is -2.08. The van der Waals surface area contributed by atoms with Crippen LogP contribution in [0.1, 0.15) is 37.7 Å². The van der Waals surface area contributed by atoms with Crippen molar-refractivity contribution in [3.63, 3.8) is 0 Å². The molecule has 0 spiro atoms. The van der Waals surface area contributed by atoms with Crippen LogP contribution in [0.5, 0.6) is 0 Å². The summed E-state index contributed by atoms with van der Waals surface area (Å²) in [7, 11) is 0. The minimum Gasteiger partial charge on any atom is -0.481 e. The molecule has 1 fully saturated rings. The van der Waals surface area contributed by atoms with Gasteiger partial charge in [0, 0.05) is 43.4 Å². The molecule has 136 valence electrons. The first-order chi connectivity index (χ1) is 11.9. The molecule has 0 bridgehead atoms. The number of carbonyl (C=O) groups is 3. The van der Waals surface area contributed by atoms with Gasteiger partial charge in [-0.3, -0.25) is 14.4 Å². The molecule has 1 saturated heterocycles. The van der Waals surface area contributed by atoms with E-state index >= 15 is 0 Å². The molecule has 1 heterocycles. The van der Waals surface area contributed by atoms with Gasteiger partial charge in [-0.2, -0.15) is 0 Å². The third-order valence-corrected chi connectivity index (χ3v) is 4.71. The molecule has 2 N–H and O–H groups in total. The Morgan fingerprint density at radius 3 is 2.48 bits per heavy atom. The molecule has 0 saturated carbocycles. The summed E-state index contributed by atoms with van der Waals surface area (Å²) in [6.07, 6.45) is 1.01. The number of nitrogens with one attached hydrogen (secondary N) is 1. The number of halogens is 1. The van der Waals surface area contributed by atoms with Crippen molar-refractivity contribution in [2.75, 3.05) is 19.6 Å². The van der Waals surface area contributed by atoms with Gasteiger partial charge in [-0.15, -0.1) is 0 Å². The van der Waals surface area contributed by atoms with Crippen LogP contribution >= 0.6 is 11.6 Å². The zero-order valence-electron chi connectivity index (χ0n) is 14.2. The maximum Gasteiger partial charge on any atom is 0.308 e. The van der Waals surface area contributed by atoms with E-state index in [1.807, 2.05) is 19.1 Å². The van der Waals surface area contributed by atoms with E-state index in [9.17, 15) is 19.5 Å². The van der Waals surface area contributed by atoms with Crippen LogP contribution in [0.25, 0.3) is 0 Å². The summed E-state index contributed by atoms with van der Waals surface area (Å²) in [4.78, 5) is 37.0. The first kappa shape index (κ1) is 19.2. The number of carboxylic acids is 1. The van der Waals surface area contributed by atoms with Crippen molar-refractivity contribution in [2.24, 2.45) is 5.92 Å². The Morgan fingerprint density at radius 1 is 1.20 bits per heavy atom. The number of rotatable bonds is 7. The predicted octanol–water partition coefficient (Wildman–Crippen LogP) is 2.27. The minimum atomic E-state index is -0.905. The maximum absolute atomic E-state index is 12.4. The standard InChI is InChI=1S/C18H23ClN2O4/c1-2-20-16(22)4-3-5-17(23)21-10-14(15(11-21)18(24)25)12-6-8-13(19)9-7-12/h6-9,14-15H,2-5,10-11H2,1H3,(H,20,22)(H,24,25)/t14-,15+/m0/s1. The second-order valence-corrected chi connectivity index (χ2v) is 6.64. The Kier molecular flexibility index (Phi) is 6.82. The third-order valence-electron chi connectivity index (χ3n) is 4.46. The molecule has 0 unspecified atom stereocenters. The van der Waals surface area contributed by atoms with E-state index < -0.39 is 11.9 Å². The smallest absolute Gasteiger partial charge is 0.308 e. The lowest BCUT2D eigenvalue weighted by atomic mass is 9.89. The van der Waals surface area contributed by atoms with Gasteiger partial charge in [0.1, 0.15) is 0 Å². The number of amides is 2. The number of likely N-dealkylation sites (tertiary alicyclic amines) is 1. The third kappa shape index (κ3) is 5.19. The van der Waals surface area contributed by atoms with Crippen LogP contribution in [0, 0.1) is 5.92 Å². The Balaban J connectivity index is 1.96. The van der Waals surface area contributed by atoms with Crippen molar-refractivity contribution in [3.05, 3.63) is 34.9 Å². The van der Waals surface area contributed by atoms with Crippen LogP contribution in [0.2, 0.25) is 5.02 Å². The fraction of sp³-hybridized carbons (Fsp3) is 0.500. The second kappa shape index (κ2) is 8.85. The summed E-state index contributed by atoms with van der Waals surface area (Å²) in [6, 6.07) is 7.08. The minimum absolute atomic E-state index is 0.0702. The molecule has 1 aromatic carbocycles. The van der Waals surface area contributed by atoms with Crippen LogP contribution in [0.15, 0.2) is 24.3 Å². The number of benzene rings is 1. The van der Waals surface area contributed by atoms with E-state index in [0.717, 1.165) is 5.56 Å². The van der Waals surface area contributed by atoms with Crippen molar-refractivity contribution in [1.29, 1.82) is 0 Å². The highest BCUT2D eigenvalue weighted by Gasteiger charge is 2.40. The van der Waals surface area contributed by atoms with Gasteiger partial charge in [-0.1, -0.05) is 23.7 Å². The molecule has 2 atom stereocenters. The van der Waals surface area contributed by atoms with Crippen molar-refractivity contribution in [1.82, 2.24) is 10.2 Å².